The van der Waals surface area contributed by atoms with Gasteiger partial charge < -0.3 is 10.0 Å². The van der Waals surface area contributed by atoms with Gasteiger partial charge in [0.2, 0.25) is 5.91 Å². The van der Waals surface area contributed by atoms with E-state index in [1.165, 1.54) is 0 Å². The number of piperazine rings is 1. The van der Waals surface area contributed by atoms with Crippen LogP contribution in [0.4, 0.5) is 0 Å². The van der Waals surface area contributed by atoms with Gasteiger partial charge in [-0.05, 0) is 6.92 Å². The van der Waals surface area contributed by atoms with Crippen molar-refractivity contribution in [3.05, 3.63) is 18.0 Å². The molecule has 1 aromatic rings. The summed E-state index contributed by atoms with van der Waals surface area (Å²) in [6.45, 7) is 7.13. The maximum Gasteiger partial charge on any atom is 0.236 e. The van der Waals surface area contributed by atoms with Crippen molar-refractivity contribution in [3.63, 3.8) is 0 Å². The first-order chi connectivity index (χ1) is 10.4. The summed E-state index contributed by atoms with van der Waals surface area (Å²) < 4.78 is 1.75. The third-order valence-corrected chi connectivity index (χ3v) is 3.95. The van der Waals surface area contributed by atoms with Gasteiger partial charge in [-0.3, -0.25) is 19.3 Å². The Kier molecular flexibility index (Phi) is 5.93. The number of hydrogen-bond donors (Lipinski definition) is 1. The van der Waals surface area contributed by atoms with Crippen LogP contribution in [0, 0.1) is 0 Å². The molecule has 2 rings (SSSR count). The second-order valence-electron chi connectivity index (χ2n) is 6.20. The molecular formula is C15H27N5O2. The van der Waals surface area contributed by atoms with Crippen molar-refractivity contribution >= 4 is 5.91 Å². The monoisotopic (exact) mass is 309 g/mol. The van der Waals surface area contributed by atoms with Gasteiger partial charge in [0.05, 0.1) is 18.8 Å². The molecule has 1 aliphatic rings. The number of rotatable bonds is 6. The number of aromatic nitrogens is 2. The molecule has 7 nitrogen and oxygen atoms in total. The quantitative estimate of drug-likeness (QED) is 0.758. The number of carbonyl (C=O) groups is 1. The molecule has 1 N–H and O–H groups in total. The molecular weight excluding hydrogens is 282 g/mol. The third-order valence-electron chi connectivity index (χ3n) is 3.95. The number of β-amino-alcohol motifs (C(OH)–C–C–N with tert-alkyl or cyclic N) is 1. The Bertz CT molecular complexity index is 480. The van der Waals surface area contributed by atoms with E-state index in [2.05, 4.69) is 14.9 Å². The Morgan fingerprint density at radius 1 is 1.36 bits per heavy atom. The molecule has 124 valence electrons. The average Bonchev–Trinajstić information content (AvgIpc) is 2.85. The summed E-state index contributed by atoms with van der Waals surface area (Å²) in [5.41, 5.74) is 1.04. The standard InChI is InChI=1S/C15H27N5O2/c1-13(21)9-19-4-6-20(7-5-19)12-15(22)17(2)10-14-8-16-18(3)11-14/h8,11,13,21H,4-7,9-10,12H2,1-3H3/t13-/m0/s1. The van der Waals surface area contributed by atoms with E-state index in [0.29, 0.717) is 19.6 Å². The van der Waals surface area contributed by atoms with E-state index in [4.69, 9.17) is 0 Å². The summed E-state index contributed by atoms with van der Waals surface area (Å²) >= 11 is 0. The molecule has 0 aromatic carbocycles. The Morgan fingerprint density at radius 3 is 2.55 bits per heavy atom. The van der Waals surface area contributed by atoms with E-state index in [9.17, 15) is 9.90 Å². The van der Waals surface area contributed by atoms with Gasteiger partial charge in [-0.25, -0.2) is 0 Å². The normalized spacial score (nSPS) is 18.4. The maximum atomic E-state index is 12.3. The Balaban J connectivity index is 1.73. The van der Waals surface area contributed by atoms with Crippen molar-refractivity contribution < 1.29 is 9.90 Å². The summed E-state index contributed by atoms with van der Waals surface area (Å²) in [6.07, 6.45) is 3.43. The molecule has 1 aromatic heterocycles. The van der Waals surface area contributed by atoms with Gasteiger partial charge in [-0.1, -0.05) is 0 Å². The smallest absolute Gasteiger partial charge is 0.236 e. The van der Waals surface area contributed by atoms with Gasteiger partial charge in [0.1, 0.15) is 0 Å². The molecule has 7 heteroatoms. The van der Waals surface area contributed by atoms with E-state index >= 15 is 0 Å². The minimum Gasteiger partial charge on any atom is -0.392 e. The molecule has 0 aliphatic carbocycles. The zero-order valence-corrected chi connectivity index (χ0v) is 13.8. The highest BCUT2D eigenvalue weighted by molar-refractivity contribution is 5.78. The van der Waals surface area contributed by atoms with Crippen LogP contribution in [0.1, 0.15) is 12.5 Å². The van der Waals surface area contributed by atoms with Crippen molar-refractivity contribution in [3.8, 4) is 0 Å². The van der Waals surface area contributed by atoms with Crippen molar-refractivity contribution in [1.29, 1.82) is 0 Å². The van der Waals surface area contributed by atoms with E-state index in [1.807, 2.05) is 27.2 Å². The van der Waals surface area contributed by atoms with Gasteiger partial charge in [0, 0.05) is 65.1 Å². The average molecular weight is 309 g/mol. The highest BCUT2D eigenvalue weighted by Crippen LogP contribution is 2.05. The highest BCUT2D eigenvalue weighted by atomic mass is 16.3. The van der Waals surface area contributed by atoms with Crippen LogP contribution in [0.15, 0.2) is 12.4 Å². The first-order valence-electron chi connectivity index (χ1n) is 7.78. The van der Waals surface area contributed by atoms with E-state index in [1.54, 1.807) is 15.8 Å². The fourth-order valence-corrected chi connectivity index (χ4v) is 2.73. The van der Waals surface area contributed by atoms with E-state index in [0.717, 1.165) is 31.7 Å². The molecule has 1 atom stereocenters. The predicted octanol–water partition coefficient (Wildman–Crippen LogP) is -0.623. The summed E-state index contributed by atoms with van der Waals surface area (Å²) in [4.78, 5) is 18.5. The van der Waals surface area contributed by atoms with Crippen LogP contribution in [-0.2, 0) is 18.4 Å². The molecule has 1 aliphatic heterocycles. The van der Waals surface area contributed by atoms with Crippen LogP contribution in [-0.4, -0.2) is 87.9 Å². The van der Waals surface area contributed by atoms with Gasteiger partial charge in [0.25, 0.3) is 0 Å². The van der Waals surface area contributed by atoms with Crippen molar-refractivity contribution in [2.75, 3.05) is 46.3 Å². The van der Waals surface area contributed by atoms with Crippen molar-refractivity contribution in [1.82, 2.24) is 24.5 Å². The first kappa shape index (κ1) is 16.9. The number of amides is 1. The van der Waals surface area contributed by atoms with Crippen LogP contribution in [0.2, 0.25) is 0 Å². The lowest BCUT2D eigenvalue weighted by molar-refractivity contribution is -0.132. The largest absolute Gasteiger partial charge is 0.392 e. The molecule has 2 heterocycles. The van der Waals surface area contributed by atoms with Crippen LogP contribution in [0.5, 0.6) is 0 Å². The Hall–Kier alpha value is -1.44. The van der Waals surface area contributed by atoms with E-state index in [-0.39, 0.29) is 12.0 Å². The minimum absolute atomic E-state index is 0.132. The van der Waals surface area contributed by atoms with Crippen LogP contribution >= 0.6 is 0 Å². The van der Waals surface area contributed by atoms with Crippen LogP contribution in [0.25, 0.3) is 0 Å². The molecule has 1 saturated heterocycles. The zero-order valence-electron chi connectivity index (χ0n) is 13.8. The fourth-order valence-electron chi connectivity index (χ4n) is 2.73. The molecule has 0 bridgehead atoms. The summed E-state index contributed by atoms with van der Waals surface area (Å²) in [6, 6.07) is 0. The van der Waals surface area contributed by atoms with Crippen molar-refractivity contribution in [2.24, 2.45) is 7.05 Å². The molecule has 0 saturated carbocycles. The van der Waals surface area contributed by atoms with Crippen molar-refractivity contribution in [2.45, 2.75) is 19.6 Å². The molecule has 0 spiro atoms. The summed E-state index contributed by atoms with van der Waals surface area (Å²) in [5.74, 6) is 0.132. The first-order valence-corrected chi connectivity index (χ1v) is 7.78. The van der Waals surface area contributed by atoms with Gasteiger partial charge >= 0.3 is 0 Å². The topological polar surface area (TPSA) is 64.8 Å². The number of aryl methyl sites for hydroxylation is 1. The molecule has 1 fully saturated rings. The Labute approximate surface area is 132 Å². The predicted molar refractivity (Wildman–Crippen MR) is 84.2 cm³/mol. The van der Waals surface area contributed by atoms with Gasteiger partial charge in [0.15, 0.2) is 0 Å². The lowest BCUT2D eigenvalue weighted by Gasteiger charge is -2.35. The molecule has 1 amide bonds. The lowest BCUT2D eigenvalue weighted by Crippen LogP contribution is -2.50. The second kappa shape index (κ2) is 7.71. The zero-order chi connectivity index (χ0) is 16.1. The Morgan fingerprint density at radius 2 is 2.00 bits per heavy atom. The van der Waals surface area contributed by atoms with Gasteiger partial charge in [-0.15, -0.1) is 0 Å². The minimum atomic E-state index is -0.293. The summed E-state index contributed by atoms with van der Waals surface area (Å²) in [7, 11) is 3.71. The highest BCUT2D eigenvalue weighted by Gasteiger charge is 2.21. The van der Waals surface area contributed by atoms with E-state index < -0.39 is 0 Å². The second-order valence-corrected chi connectivity index (χ2v) is 6.20. The number of nitrogens with zero attached hydrogens (tertiary/aromatic N) is 5. The SMILES string of the molecule is C[C@H](O)CN1CCN(CC(=O)N(C)Cc2cnn(C)c2)CC1. The summed E-state index contributed by atoms with van der Waals surface area (Å²) in [5, 5.41) is 13.5. The molecule has 0 unspecified atom stereocenters. The number of aliphatic hydroxyl groups excluding tert-OH is 1. The molecule has 22 heavy (non-hydrogen) atoms. The van der Waals surface area contributed by atoms with Gasteiger partial charge in [-0.2, -0.15) is 5.10 Å². The van der Waals surface area contributed by atoms with Crippen LogP contribution in [0.3, 0.4) is 0 Å². The third kappa shape index (κ3) is 5.08. The number of carbonyl (C=O) groups excluding carboxylic acids is 1. The fraction of sp³-hybridized carbons (Fsp3) is 0.733. The lowest BCUT2D eigenvalue weighted by atomic mass is 10.2. The molecule has 0 radical (unpaired) electrons. The number of likely N-dealkylation sites (N-methyl/N-ethyl adjacent to an activating group) is 1. The number of aliphatic hydroxyl groups is 1. The number of hydrogen-bond acceptors (Lipinski definition) is 5. The maximum absolute atomic E-state index is 12.3. The van der Waals surface area contributed by atoms with Crippen LogP contribution < -0.4 is 0 Å².